The zero-order chi connectivity index (χ0) is 19.3. The Balaban J connectivity index is 2.18. The molecule has 1 saturated heterocycles. The molecule has 2 fully saturated rings. The molecule has 0 aromatic carbocycles. The van der Waals surface area contributed by atoms with Gasteiger partial charge < -0.3 is 13.6 Å². The summed E-state index contributed by atoms with van der Waals surface area (Å²) in [4.78, 5) is 0. The Morgan fingerprint density at radius 3 is 1.24 bits per heavy atom. The van der Waals surface area contributed by atoms with Crippen molar-refractivity contribution in [1.29, 1.82) is 0 Å². The highest BCUT2D eigenvalue weighted by Crippen LogP contribution is 2.44. The van der Waals surface area contributed by atoms with Gasteiger partial charge in [0.25, 0.3) is 0 Å². The van der Waals surface area contributed by atoms with E-state index < -0.39 is 16.6 Å². The topological polar surface area (TPSA) is 31.0 Å². The Morgan fingerprint density at radius 2 is 0.960 bits per heavy atom. The minimum atomic E-state index is -1.81. The van der Waals surface area contributed by atoms with E-state index >= 15 is 0 Å². The lowest BCUT2D eigenvalue weighted by atomic mass is 9.96. The lowest BCUT2D eigenvalue weighted by molar-refractivity contribution is 0.0205. The molecule has 4 atom stereocenters. The van der Waals surface area contributed by atoms with Crippen LogP contribution in [0.1, 0.15) is 67.2 Å². The molecule has 0 aromatic rings. The number of epoxide rings is 1. The first-order chi connectivity index (χ1) is 11.1. The standard InChI is InChI=1S/C20H42O3Si2/c1-19(2,3)24(7,8)22-17-13-11-15-16(21-15)12-14-18(17)23-25(9,10)20(4,5)6/h15-18H,11-14H2,1-10H3/t15?,16?,17-,18+. The summed E-state index contributed by atoms with van der Waals surface area (Å²) in [7, 11) is -3.62. The molecule has 0 aromatic heterocycles. The van der Waals surface area contributed by atoms with Crippen molar-refractivity contribution in [2.24, 2.45) is 0 Å². The van der Waals surface area contributed by atoms with Crippen molar-refractivity contribution in [1.82, 2.24) is 0 Å². The molecule has 5 heteroatoms. The van der Waals surface area contributed by atoms with E-state index in [2.05, 4.69) is 67.7 Å². The lowest BCUT2D eigenvalue weighted by Crippen LogP contribution is -2.52. The van der Waals surface area contributed by atoms with Gasteiger partial charge in [0.15, 0.2) is 16.6 Å². The average Bonchev–Trinajstić information content (AvgIpc) is 3.13. The molecule has 1 heterocycles. The number of fused-ring (bicyclic) bond motifs is 1. The second-order valence-electron chi connectivity index (χ2n) is 11.2. The highest BCUT2D eigenvalue weighted by atomic mass is 28.4. The van der Waals surface area contributed by atoms with Crippen LogP contribution in [-0.2, 0) is 13.6 Å². The van der Waals surface area contributed by atoms with Gasteiger partial charge in [-0.15, -0.1) is 0 Å². The van der Waals surface area contributed by atoms with E-state index in [0.29, 0.717) is 12.2 Å². The normalized spacial score (nSPS) is 31.9. The van der Waals surface area contributed by atoms with E-state index in [1.807, 2.05) is 0 Å². The van der Waals surface area contributed by atoms with Gasteiger partial charge in [-0.3, -0.25) is 0 Å². The third-order valence-corrected chi connectivity index (χ3v) is 16.1. The largest absolute Gasteiger partial charge is 0.411 e. The fraction of sp³-hybridized carbons (Fsp3) is 1.00. The minimum Gasteiger partial charge on any atom is -0.411 e. The number of ether oxygens (including phenoxy) is 1. The Bertz CT molecular complexity index is 421. The molecule has 0 N–H and O–H groups in total. The summed E-state index contributed by atoms with van der Waals surface area (Å²) in [6.45, 7) is 23.4. The Morgan fingerprint density at radius 1 is 0.640 bits per heavy atom. The second-order valence-corrected chi connectivity index (χ2v) is 20.7. The van der Waals surface area contributed by atoms with Gasteiger partial charge in [0, 0.05) is 0 Å². The van der Waals surface area contributed by atoms with E-state index in [9.17, 15) is 0 Å². The first-order valence-corrected chi connectivity index (χ1v) is 16.0. The predicted molar refractivity (Wildman–Crippen MR) is 111 cm³/mol. The molecule has 1 aliphatic heterocycles. The molecule has 2 aliphatic rings. The summed E-state index contributed by atoms with van der Waals surface area (Å²) in [6.07, 6.45) is 5.82. The SMILES string of the molecule is CC(C)(C)[Si](C)(C)O[C@H]1CCC2OC2CC[C@H]1O[Si](C)(C)C(C)(C)C. The fourth-order valence-electron chi connectivity index (χ4n) is 3.10. The zero-order valence-electron chi connectivity index (χ0n) is 18.4. The van der Waals surface area contributed by atoms with Crippen molar-refractivity contribution in [3.05, 3.63) is 0 Å². The van der Waals surface area contributed by atoms with E-state index in [1.54, 1.807) is 0 Å². The maximum absolute atomic E-state index is 6.90. The maximum atomic E-state index is 6.90. The first-order valence-electron chi connectivity index (χ1n) is 10.2. The van der Waals surface area contributed by atoms with E-state index in [0.717, 1.165) is 25.7 Å². The van der Waals surface area contributed by atoms with Gasteiger partial charge in [-0.2, -0.15) is 0 Å². The quantitative estimate of drug-likeness (QED) is 0.431. The summed E-state index contributed by atoms with van der Waals surface area (Å²) in [5.41, 5.74) is 0. The highest BCUT2D eigenvalue weighted by Gasteiger charge is 2.48. The molecule has 148 valence electrons. The van der Waals surface area contributed by atoms with E-state index in [-0.39, 0.29) is 22.3 Å². The molecule has 25 heavy (non-hydrogen) atoms. The third-order valence-electron chi connectivity index (χ3n) is 7.08. The molecular weight excluding hydrogens is 344 g/mol. The number of hydrogen-bond donors (Lipinski definition) is 0. The molecule has 1 aliphatic carbocycles. The van der Waals surface area contributed by atoms with Crippen molar-refractivity contribution in [3.63, 3.8) is 0 Å². The fourth-order valence-corrected chi connectivity index (χ4v) is 5.86. The summed E-state index contributed by atoms with van der Waals surface area (Å²) < 4.78 is 19.6. The Hall–Kier alpha value is 0.314. The van der Waals surface area contributed by atoms with Crippen LogP contribution < -0.4 is 0 Å². The van der Waals surface area contributed by atoms with Crippen LogP contribution in [0.15, 0.2) is 0 Å². The van der Waals surface area contributed by atoms with E-state index in [4.69, 9.17) is 13.6 Å². The van der Waals surface area contributed by atoms with Crippen LogP contribution in [-0.4, -0.2) is 41.1 Å². The predicted octanol–water partition coefficient (Wildman–Crippen LogP) is 6.11. The Kier molecular flexibility index (Phi) is 6.09. The van der Waals surface area contributed by atoms with Crippen molar-refractivity contribution < 1.29 is 13.6 Å². The molecule has 0 radical (unpaired) electrons. The van der Waals surface area contributed by atoms with Gasteiger partial charge in [0.2, 0.25) is 0 Å². The van der Waals surface area contributed by atoms with Crippen LogP contribution in [0.2, 0.25) is 36.3 Å². The summed E-state index contributed by atoms with van der Waals surface area (Å²) in [5.74, 6) is 0. The van der Waals surface area contributed by atoms with E-state index in [1.165, 1.54) is 0 Å². The summed E-state index contributed by atoms with van der Waals surface area (Å²) >= 11 is 0. The molecule has 2 rings (SSSR count). The van der Waals surface area contributed by atoms with Crippen LogP contribution in [0.3, 0.4) is 0 Å². The smallest absolute Gasteiger partial charge is 0.192 e. The van der Waals surface area contributed by atoms with Crippen LogP contribution in [0, 0.1) is 0 Å². The molecule has 3 nitrogen and oxygen atoms in total. The van der Waals surface area contributed by atoms with Gasteiger partial charge in [0.1, 0.15) is 0 Å². The third kappa shape index (κ3) is 5.19. The minimum absolute atomic E-state index is 0.222. The second kappa shape index (κ2) is 7.04. The van der Waals surface area contributed by atoms with Crippen LogP contribution >= 0.6 is 0 Å². The zero-order valence-corrected chi connectivity index (χ0v) is 20.4. The molecular formula is C20H42O3Si2. The molecule has 0 spiro atoms. The molecule has 0 amide bonds. The summed E-state index contributed by atoms with van der Waals surface area (Å²) in [5, 5.41) is 0.463. The van der Waals surface area contributed by atoms with Crippen molar-refractivity contribution in [2.45, 2.75) is 128 Å². The van der Waals surface area contributed by atoms with Crippen LogP contribution in [0.4, 0.5) is 0 Å². The first kappa shape index (κ1) is 21.6. The number of rotatable bonds is 4. The molecule has 0 bridgehead atoms. The van der Waals surface area contributed by atoms with Crippen LogP contribution in [0.5, 0.6) is 0 Å². The maximum Gasteiger partial charge on any atom is 0.192 e. The lowest BCUT2D eigenvalue weighted by Gasteiger charge is -2.45. The van der Waals surface area contributed by atoms with Crippen LogP contribution in [0.25, 0.3) is 0 Å². The van der Waals surface area contributed by atoms with Gasteiger partial charge in [0.05, 0.1) is 24.4 Å². The van der Waals surface area contributed by atoms with Gasteiger partial charge >= 0.3 is 0 Å². The molecule has 1 saturated carbocycles. The van der Waals surface area contributed by atoms with Gasteiger partial charge in [-0.25, -0.2) is 0 Å². The van der Waals surface area contributed by atoms with Gasteiger partial charge in [-0.05, 0) is 61.9 Å². The molecule has 2 unspecified atom stereocenters. The average molecular weight is 387 g/mol. The highest BCUT2D eigenvalue weighted by molar-refractivity contribution is 6.74. The van der Waals surface area contributed by atoms with Gasteiger partial charge in [-0.1, -0.05) is 41.5 Å². The van der Waals surface area contributed by atoms with Crippen molar-refractivity contribution in [2.75, 3.05) is 0 Å². The Labute approximate surface area is 158 Å². The van der Waals surface area contributed by atoms with Crippen molar-refractivity contribution in [3.8, 4) is 0 Å². The number of hydrogen-bond acceptors (Lipinski definition) is 3. The summed E-state index contributed by atoms with van der Waals surface area (Å²) in [6, 6.07) is 0. The monoisotopic (exact) mass is 386 g/mol. The van der Waals surface area contributed by atoms with Crippen molar-refractivity contribution >= 4 is 16.6 Å².